The maximum Gasteiger partial charge on any atom is 0.166 e. The number of aryl methyl sites for hydroxylation is 1. The molecule has 2 rings (SSSR count). The number of hydrogen-bond acceptors (Lipinski definition) is 3. The minimum absolute atomic E-state index is 0.268. The Kier molecular flexibility index (Phi) is 4.97. The van der Waals surface area contributed by atoms with Crippen LogP contribution in [0.15, 0.2) is 54.6 Å². The van der Waals surface area contributed by atoms with Gasteiger partial charge in [-0.25, -0.2) is 0 Å². The second kappa shape index (κ2) is 6.92. The average Bonchev–Trinajstić information content (AvgIpc) is 2.54. The number of nitriles is 1. The lowest BCUT2D eigenvalue weighted by molar-refractivity contribution is 0.225. The Bertz CT molecular complexity index is 601. The van der Waals surface area contributed by atoms with E-state index in [-0.39, 0.29) is 6.61 Å². The van der Waals surface area contributed by atoms with Gasteiger partial charge in [0.15, 0.2) is 5.54 Å². The topological polar surface area (TPSA) is 45.0 Å². The molecule has 0 heterocycles. The van der Waals surface area contributed by atoms with Crippen molar-refractivity contribution in [2.75, 3.05) is 13.2 Å². The van der Waals surface area contributed by atoms with Gasteiger partial charge in [-0.2, -0.15) is 5.26 Å². The van der Waals surface area contributed by atoms with Gasteiger partial charge in [0.2, 0.25) is 0 Å². The molecule has 3 nitrogen and oxygen atoms in total. The van der Waals surface area contributed by atoms with Crippen LogP contribution in [-0.4, -0.2) is 13.2 Å². The van der Waals surface area contributed by atoms with Crippen LogP contribution in [0, 0.1) is 18.3 Å². The van der Waals surface area contributed by atoms with Crippen LogP contribution >= 0.6 is 0 Å². The summed E-state index contributed by atoms with van der Waals surface area (Å²) in [5, 5.41) is 12.9. The maximum absolute atomic E-state index is 9.69. The molecule has 2 aromatic carbocycles. The predicted octanol–water partition coefficient (Wildman–Crippen LogP) is 3.40. The first kappa shape index (κ1) is 15.1. The molecule has 0 saturated heterocycles. The lowest BCUT2D eigenvalue weighted by Crippen LogP contribution is -2.46. The Morgan fingerprint density at radius 2 is 1.76 bits per heavy atom. The summed E-state index contributed by atoms with van der Waals surface area (Å²) in [7, 11) is 0. The predicted molar refractivity (Wildman–Crippen MR) is 84.1 cm³/mol. The molecule has 0 aliphatic rings. The molecule has 1 atom stereocenters. The third-order valence-electron chi connectivity index (χ3n) is 3.41. The molecule has 0 bridgehead atoms. The van der Waals surface area contributed by atoms with E-state index in [2.05, 4.69) is 11.4 Å². The Balaban J connectivity index is 2.21. The first-order valence-corrected chi connectivity index (χ1v) is 7.11. The number of ether oxygens (including phenoxy) is 1. The standard InChI is InChI=1S/C18H20N2O/c1-3-20-18(13-19,16-7-5-4-6-8-16)14-21-17-11-9-15(2)10-12-17/h4-12,20H,3,14H2,1-2H3. The molecule has 0 aliphatic heterocycles. The van der Waals surface area contributed by atoms with Gasteiger partial charge in [0.1, 0.15) is 12.4 Å². The molecule has 1 N–H and O–H groups in total. The maximum atomic E-state index is 9.69. The van der Waals surface area contributed by atoms with Gasteiger partial charge in [-0.15, -0.1) is 0 Å². The van der Waals surface area contributed by atoms with Crippen molar-refractivity contribution in [2.24, 2.45) is 0 Å². The molecular weight excluding hydrogens is 260 g/mol. The highest BCUT2D eigenvalue weighted by molar-refractivity contribution is 5.33. The van der Waals surface area contributed by atoms with E-state index in [1.54, 1.807) is 0 Å². The zero-order chi connectivity index (χ0) is 15.1. The van der Waals surface area contributed by atoms with E-state index in [0.717, 1.165) is 11.3 Å². The summed E-state index contributed by atoms with van der Waals surface area (Å²) in [6.45, 7) is 4.98. The van der Waals surface area contributed by atoms with Crippen molar-refractivity contribution in [3.05, 3.63) is 65.7 Å². The lowest BCUT2D eigenvalue weighted by atomic mass is 9.92. The molecule has 0 saturated carbocycles. The van der Waals surface area contributed by atoms with Crippen molar-refractivity contribution < 1.29 is 4.74 Å². The van der Waals surface area contributed by atoms with Crippen LogP contribution in [0.4, 0.5) is 0 Å². The van der Waals surface area contributed by atoms with E-state index in [9.17, 15) is 5.26 Å². The van der Waals surface area contributed by atoms with Crippen LogP contribution in [0.2, 0.25) is 0 Å². The Labute approximate surface area is 126 Å². The normalized spacial score (nSPS) is 13.2. The van der Waals surface area contributed by atoms with Gasteiger partial charge in [-0.3, -0.25) is 5.32 Å². The summed E-state index contributed by atoms with van der Waals surface area (Å²) in [5.74, 6) is 0.772. The minimum Gasteiger partial charge on any atom is -0.490 e. The number of nitrogens with one attached hydrogen (secondary N) is 1. The minimum atomic E-state index is -0.832. The highest BCUT2D eigenvalue weighted by Crippen LogP contribution is 2.22. The highest BCUT2D eigenvalue weighted by Gasteiger charge is 2.32. The van der Waals surface area contributed by atoms with E-state index in [0.29, 0.717) is 6.54 Å². The van der Waals surface area contributed by atoms with E-state index in [1.165, 1.54) is 5.56 Å². The SMILES string of the molecule is CCNC(C#N)(COc1ccc(C)cc1)c1ccccc1. The van der Waals surface area contributed by atoms with Gasteiger partial charge in [-0.1, -0.05) is 55.0 Å². The fourth-order valence-corrected chi connectivity index (χ4v) is 2.22. The van der Waals surface area contributed by atoms with Crippen molar-refractivity contribution >= 4 is 0 Å². The number of nitrogens with zero attached hydrogens (tertiary/aromatic N) is 1. The summed E-state index contributed by atoms with van der Waals surface area (Å²) in [4.78, 5) is 0. The molecule has 0 radical (unpaired) electrons. The summed E-state index contributed by atoms with van der Waals surface area (Å²) >= 11 is 0. The molecule has 0 spiro atoms. The molecule has 1 unspecified atom stereocenters. The summed E-state index contributed by atoms with van der Waals surface area (Å²) < 4.78 is 5.84. The average molecular weight is 280 g/mol. The van der Waals surface area contributed by atoms with E-state index >= 15 is 0 Å². The van der Waals surface area contributed by atoms with Crippen LogP contribution < -0.4 is 10.1 Å². The fourth-order valence-electron chi connectivity index (χ4n) is 2.22. The van der Waals surface area contributed by atoms with Gasteiger partial charge >= 0.3 is 0 Å². The number of benzene rings is 2. The highest BCUT2D eigenvalue weighted by atomic mass is 16.5. The molecule has 0 fully saturated rings. The van der Waals surface area contributed by atoms with Crippen LogP contribution in [-0.2, 0) is 5.54 Å². The van der Waals surface area contributed by atoms with Crippen LogP contribution in [0.1, 0.15) is 18.1 Å². The van der Waals surface area contributed by atoms with Gasteiger partial charge in [-0.05, 0) is 31.2 Å². The van der Waals surface area contributed by atoms with E-state index < -0.39 is 5.54 Å². The van der Waals surface area contributed by atoms with Crippen molar-refractivity contribution in [1.82, 2.24) is 5.32 Å². The van der Waals surface area contributed by atoms with Gasteiger partial charge in [0.25, 0.3) is 0 Å². The van der Waals surface area contributed by atoms with Crippen molar-refractivity contribution in [2.45, 2.75) is 19.4 Å². The lowest BCUT2D eigenvalue weighted by Gasteiger charge is -2.28. The summed E-state index contributed by atoms with van der Waals surface area (Å²) in [6, 6.07) is 19.9. The van der Waals surface area contributed by atoms with E-state index in [1.807, 2.05) is 68.4 Å². The van der Waals surface area contributed by atoms with Crippen molar-refractivity contribution in [1.29, 1.82) is 5.26 Å². The van der Waals surface area contributed by atoms with Gasteiger partial charge in [0.05, 0.1) is 6.07 Å². The first-order chi connectivity index (χ1) is 10.2. The van der Waals surface area contributed by atoms with Crippen LogP contribution in [0.5, 0.6) is 5.75 Å². The third-order valence-corrected chi connectivity index (χ3v) is 3.41. The zero-order valence-electron chi connectivity index (χ0n) is 12.5. The molecule has 2 aromatic rings. The largest absolute Gasteiger partial charge is 0.490 e. The molecule has 21 heavy (non-hydrogen) atoms. The monoisotopic (exact) mass is 280 g/mol. The molecule has 3 heteroatoms. The quantitative estimate of drug-likeness (QED) is 0.882. The number of rotatable bonds is 6. The molecule has 0 aromatic heterocycles. The summed E-state index contributed by atoms with van der Waals surface area (Å²) in [5.41, 5.74) is 1.27. The number of hydrogen-bond donors (Lipinski definition) is 1. The van der Waals surface area contributed by atoms with E-state index in [4.69, 9.17) is 4.74 Å². The van der Waals surface area contributed by atoms with Crippen LogP contribution in [0.25, 0.3) is 0 Å². The molecular formula is C18H20N2O. The molecule has 108 valence electrons. The fraction of sp³-hybridized carbons (Fsp3) is 0.278. The zero-order valence-corrected chi connectivity index (χ0v) is 12.5. The van der Waals surface area contributed by atoms with Crippen molar-refractivity contribution in [3.63, 3.8) is 0 Å². The smallest absolute Gasteiger partial charge is 0.166 e. The number of likely N-dealkylation sites (N-methyl/N-ethyl adjacent to an activating group) is 1. The third kappa shape index (κ3) is 3.62. The Hall–Kier alpha value is -2.31. The Morgan fingerprint density at radius 3 is 2.33 bits per heavy atom. The Morgan fingerprint density at radius 1 is 1.10 bits per heavy atom. The second-order valence-electron chi connectivity index (χ2n) is 5.02. The summed E-state index contributed by atoms with van der Waals surface area (Å²) in [6.07, 6.45) is 0. The van der Waals surface area contributed by atoms with Crippen molar-refractivity contribution in [3.8, 4) is 11.8 Å². The van der Waals surface area contributed by atoms with Gasteiger partial charge < -0.3 is 4.74 Å². The molecule has 0 amide bonds. The van der Waals surface area contributed by atoms with Crippen LogP contribution in [0.3, 0.4) is 0 Å². The first-order valence-electron chi connectivity index (χ1n) is 7.11. The second-order valence-corrected chi connectivity index (χ2v) is 5.02. The molecule has 0 aliphatic carbocycles. The van der Waals surface area contributed by atoms with Gasteiger partial charge in [0, 0.05) is 0 Å².